The number of nitrogens with zero attached hydrogens (tertiary/aromatic N) is 1. The summed E-state index contributed by atoms with van der Waals surface area (Å²) in [4.78, 5) is 0. The van der Waals surface area contributed by atoms with Crippen LogP contribution in [-0.2, 0) is 16.6 Å². The van der Waals surface area contributed by atoms with Gasteiger partial charge in [-0.1, -0.05) is 0 Å². The minimum absolute atomic E-state index is 0.354. The van der Waals surface area contributed by atoms with Gasteiger partial charge in [-0.2, -0.15) is 0 Å². The Morgan fingerprint density at radius 2 is 2.28 bits per heavy atom. The van der Waals surface area contributed by atoms with Gasteiger partial charge in [0.2, 0.25) is 10.0 Å². The average molecular weight is 272 g/mol. The highest BCUT2D eigenvalue weighted by Gasteiger charge is 2.28. The van der Waals surface area contributed by atoms with Gasteiger partial charge in [-0.25, -0.2) is 12.7 Å². The van der Waals surface area contributed by atoms with E-state index in [0.717, 1.165) is 18.4 Å². The first-order valence-corrected chi connectivity index (χ1v) is 7.70. The van der Waals surface area contributed by atoms with Crippen molar-refractivity contribution in [3.05, 3.63) is 24.2 Å². The molecule has 0 aliphatic heterocycles. The van der Waals surface area contributed by atoms with E-state index in [9.17, 15) is 8.42 Å². The highest BCUT2D eigenvalue weighted by atomic mass is 32.2. The van der Waals surface area contributed by atoms with Crippen molar-refractivity contribution < 1.29 is 12.8 Å². The third-order valence-corrected chi connectivity index (χ3v) is 5.38. The monoisotopic (exact) mass is 272 g/mol. The van der Waals surface area contributed by atoms with Crippen molar-refractivity contribution in [1.29, 1.82) is 0 Å². The van der Waals surface area contributed by atoms with E-state index in [-0.39, 0.29) is 0 Å². The first kappa shape index (κ1) is 13.6. The molecule has 1 heterocycles. The second kappa shape index (κ2) is 5.42. The Bertz CT molecular complexity index is 466. The topological polar surface area (TPSA) is 62.6 Å². The van der Waals surface area contributed by atoms with Crippen LogP contribution in [0.15, 0.2) is 23.0 Å². The number of sulfonamides is 1. The van der Waals surface area contributed by atoms with Gasteiger partial charge in [-0.05, 0) is 25.8 Å². The predicted octanol–water partition coefficient (Wildman–Crippen LogP) is 1.18. The molecule has 18 heavy (non-hydrogen) atoms. The maximum atomic E-state index is 12.2. The number of rotatable bonds is 7. The molecule has 1 aromatic heterocycles. The number of hydrogen-bond donors (Lipinski definition) is 1. The molecule has 1 unspecified atom stereocenters. The quantitative estimate of drug-likeness (QED) is 0.809. The van der Waals surface area contributed by atoms with Crippen molar-refractivity contribution in [3.63, 3.8) is 0 Å². The molecule has 1 saturated carbocycles. The molecule has 0 radical (unpaired) electrons. The van der Waals surface area contributed by atoms with Gasteiger partial charge < -0.3 is 9.73 Å². The number of furan rings is 1. The minimum Gasteiger partial charge on any atom is -0.472 e. The molecule has 0 spiro atoms. The fourth-order valence-electron chi connectivity index (χ4n) is 1.76. The van der Waals surface area contributed by atoms with E-state index in [0.29, 0.717) is 19.1 Å². The Morgan fingerprint density at radius 1 is 1.56 bits per heavy atom. The van der Waals surface area contributed by atoms with Gasteiger partial charge in [0, 0.05) is 31.7 Å². The van der Waals surface area contributed by atoms with E-state index in [2.05, 4.69) is 5.32 Å². The summed E-state index contributed by atoms with van der Waals surface area (Å²) < 4.78 is 30.8. The first-order chi connectivity index (χ1) is 8.50. The van der Waals surface area contributed by atoms with Crippen LogP contribution in [0.2, 0.25) is 0 Å². The molecular formula is C12H20N2O3S. The molecule has 0 saturated heterocycles. The SMILES string of the molecule is CC(CNC1CC1)S(=O)(=O)N(C)Cc1ccoc1. The predicted molar refractivity (Wildman–Crippen MR) is 69.6 cm³/mol. The van der Waals surface area contributed by atoms with E-state index in [1.165, 1.54) is 4.31 Å². The van der Waals surface area contributed by atoms with Crippen molar-refractivity contribution in [2.75, 3.05) is 13.6 Å². The molecule has 1 fully saturated rings. The molecule has 1 aromatic rings. The zero-order valence-electron chi connectivity index (χ0n) is 10.8. The second-order valence-corrected chi connectivity index (χ2v) is 7.38. The summed E-state index contributed by atoms with van der Waals surface area (Å²) in [6.45, 7) is 2.62. The van der Waals surface area contributed by atoms with Crippen molar-refractivity contribution in [2.24, 2.45) is 0 Å². The summed E-state index contributed by atoms with van der Waals surface area (Å²) >= 11 is 0. The van der Waals surface area contributed by atoms with Gasteiger partial charge in [0.05, 0.1) is 17.8 Å². The highest BCUT2D eigenvalue weighted by Crippen LogP contribution is 2.19. The van der Waals surface area contributed by atoms with Crippen molar-refractivity contribution in [3.8, 4) is 0 Å². The van der Waals surface area contributed by atoms with E-state index in [1.807, 2.05) is 0 Å². The van der Waals surface area contributed by atoms with Gasteiger partial charge >= 0.3 is 0 Å². The molecule has 1 N–H and O–H groups in total. The zero-order chi connectivity index (χ0) is 13.2. The Morgan fingerprint density at radius 3 is 2.83 bits per heavy atom. The molecule has 6 heteroatoms. The fourth-order valence-corrected chi connectivity index (χ4v) is 3.01. The number of hydrogen-bond acceptors (Lipinski definition) is 4. The van der Waals surface area contributed by atoms with E-state index >= 15 is 0 Å². The molecule has 0 amide bonds. The van der Waals surface area contributed by atoms with Crippen molar-refractivity contribution in [1.82, 2.24) is 9.62 Å². The second-order valence-electron chi connectivity index (χ2n) is 4.93. The summed E-state index contributed by atoms with van der Waals surface area (Å²) in [6, 6.07) is 2.31. The van der Waals surface area contributed by atoms with Gasteiger partial charge in [0.1, 0.15) is 0 Å². The third kappa shape index (κ3) is 3.34. The molecule has 2 rings (SSSR count). The van der Waals surface area contributed by atoms with Crippen LogP contribution in [0.5, 0.6) is 0 Å². The average Bonchev–Trinajstić information content (AvgIpc) is 3.02. The maximum absolute atomic E-state index is 12.2. The highest BCUT2D eigenvalue weighted by molar-refractivity contribution is 7.89. The molecule has 102 valence electrons. The molecule has 1 atom stereocenters. The van der Waals surface area contributed by atoms with E-state index in [4.69, 9.17) is 4.42 Å². The fraction of sp³-hybridized carbons (Fsp3) is 0.667. The summed E-state index contributed by atoms with van der Waals surface area (Å²) in [7, 11) is -1.65. The zero-order valence-corrected chi connectivity index (χ0v) is 11.6. The molecule has 1 aliphatic rings. The molecule has 0 bridgehead atoms. The van der Waals surface area contributed by atoms with Crippen LogP contribution in [0.25, 0.3) is 0 Å². The van der Waals surface area contributed by atoms with Crippen LogP contribution < -0.4 is 5.32 Å². The Hall–Kier alpha value is -0.850. The summed E-state index contributed by atoms with van der Waals surface area (Å²) in [6.07, 6.45) is 5.45. The van der Waals surface area contributed by atoms with Gasteiger partial charge in [-0.15, -0.1) is 0 Å². The lowest BCUT2D eigenvalue weighted by atomic mass is 10.3. The Labute approximate surface area is 108 Å². The van der Waals surface area contributed by atoms with Crippen LogP contribution in [0.4, 0.5) is 0 Å². The molecule has 0 aromatic carbocycles. The summed E-state index contributed by atoms with van der Waals surface area (Å²) in [5, 5.41) is 2.84. The first-order valence-electron chi connectivity index (χ1n) is 6.20. The van der Waals surface area contributed by atoms with Crippen LogP contribution in [-0.4, -0.2) is 37.6 Å². The molecular weight excluding hydrogens is 252 g/mol. The standard InChI is InChI=1S/C12H20N2O3S/c1-10(7-13-12-3-4-12)18(15,16)14(2)8-11-5-6-17-9-11/h5-6,9-10,12-13H,3-4,7-8H2,1-2H3. The van der Waals surface area contributed by atoms with Crippen LogP contribution in [0.1, 0.15) is 25.3 Å². The Balaban J connectivity index is 1.90. The lowest BCUT2D eigenvalue weighted by Gasteiger charge is -2.21. The van der Waals surface area contributed by atoms with Crippen LogP contribution in [0, 0.1) is 0 Å². The van der Waals surface area contributed by atoms with E-state index in [1.54, 1.807) is 32.6 Å². The van der Waals surface area contributed by atoms with Gasteiger partial charge in [0.15, 0.2) is 0 Å². The smallest absolute Gasteiger partial charge is 0.218 e. The largest absolute Gasteiger partial charge is 0.472 e. The molecule has 5 nitrogen and oxygen atoms in total. The lowest BCUT2D eigenvalue weighted by Crippen LogP contribution is -2.40. The normalized spacial score (nSPS) is 18.2. The minimum atomic E-state index is -3.25. The van der Waals surface area contributed by atoms with Crippen molar-refractivity contribution >= 4 is 10.0 Å². The van der Waals surface area contributed by atoms with Gasteiger partial charge in [-0.3, -0.25) is 0 Å². The summed E-state index contributed by atoms with van der Waals surface area (Å²) in [5.74, 6) is 0. The lowest BCUT2D eigenvalue weighted by molar-refractivity contribution is 0.451. The van der Waals surface area contributed by atoms with Gasteiger partial charge in [0.25, 0.3) is 0 Å². The van der Waals surface area contributed by atoms with Crippen LogP contribution >= 0.6 is 0 Å². The Kier molecular flexibility index (Phi) is 4.09. The third-order valence-electron chi connectivity index (χ3n) is 3.20. The number of nitrogens with one attached hydrogen (secondary N) is 1. The van der Waals surface area contributed by atoms with Crippen LogP contribution in [0.3, 0.4) is 0 Å². The van der Waals surface area contributed by atoms with Crippen molar-refractivity contribution in [2.45, 2.75) is 37.6 Å². The maximum Gasteiger partial charge on any atom is 0.218 e. The van der Waals surface area contributed by atoms with E-state index < -0.39 is 15.3 Å². The summed E-state index contributed by atoms with van der Waals surface area (Å²) in [5.41, 5.74) is 0.864. The molecule has 1 aliphatic carbocycles.